The number of carboxylic acids is 1. The lowest BCUT2D eigenvalue weighted by Crippen LogP contribution is -2.34. The quantitative estimate of drug-likeness (QED) is 0.0239. The highest BCUT2D eigenvalue weighted by atomic mass is 31.2. The zero-order valence-corrected chi connectivity index (χ0v) is 32.8. The molecule has 0 heterocycles. The lowest BCUT2D eigenvalue weighted by molar-refractivity contribution is -0.161. The maximum atomic E-state index is 12.6. The monoisotopic (exact) mass is 745 g/mol. The number of esters is 2. The number of carbonyl (C=O) groups is 3. The Kier molecular flexibility index (Phi) is 33.6. The van der Waals surface area contributed by atoms with Gasteiger partial charge in [-0.15, -0.1) is 0 Å². The van der Waals surface area contributed by atoms with Crippen molar-refractivity contribution in [1.29, 1.82) is 0 Å². The van der Waals surface area contributed by atoms with Crippen LogP contribution < -0.4 is 5.73 Å². The highest BCUT2D eigenvalue weighted by Gasteiger charge is 2.28. The van der Waals surface area contributed by atoms with E-state index in [1.165, 1.54) is 77.0 Å². The van der Waals surface area contributed by atoms with Crippen molar-refractivity contribution in [2.45, 2.75) is 187 Å². The number of ether oxygens (including phenoxy) is 2. The van der Waals surface area contributed by atoms with Crippen molar-refractivity contribution in [1.82, 2.24) is 0 Å². The van der Waals surface area contributed by atoms with E-state index in [0.717, 1.165) is 57.8 Å². The first-order valence-corrected chi connectivity index (χ1v) is 21.4. The van der Waals surface area contributed by atoms with Crippen LogP contribution >= 0.6 is 7.82 Å². The fourth-order valence-corrected chi connectivity index (χ4v) is 6.05. The van der Waals surface area contributed by atoms with E-state index in [2.05, 4.69) is 42.7 Å². The Balaban J connectivity index is 4.37. The second-order valence-corrected chi connectivity index (χ2v) is 14.9. The fraction of sp³-hybridized carbons (Fsp3) is 0.821. The van der Waals surface area contributed by atoms with Crippen molar-refractivity contribution >= 4 is 25.7 Å². The second-order valence-electron chi connectivity index (χ2n) is 13.4. The van der Waals surface area contributed by atoms with Gasteiger partial charge < -0.3 is 25.2 Å². The average Bonchev–Trinajstić information content (AvgIpc) is 3.10. The summed E-state index contributed by atoms with van der Waals surface area (Å²) in [6, 6.07) is -1.52. The van der Waals surface area contributed by atoms with Crippen molar-refractivity contribution in [2.75, 3.05) is 19.8 Å². The van der Waals surface area contributed by atoms with Crippen LogP contribution in [0.4, 0.5) is 0 Å². The van der Waals surface area contributed by atoms with Crippen LogP contribution in [-0.2, 0) is 37.5 Å². The number of hydrogen-bond donors (Lipinski definition) is 3. The predicted octanol–water partition coefficient (Wildman–Crippen LogP) is 9.89. The molecular weight excluding hydrogens is 673 g/mol. The molecule has 0 saturated heterocycles. The minimum absolute atomic E-state index is 0.154. The summed E-state index contributed by atoms with van der Waals surface area (Å²) < 4.78 is 32.5. The number of aliphatic carboxylic acids is 1. The van der Waals surface area contributed by atoms with Crippen LogP contribution in [0.5, 0.6) is 0 Å². The third-order valence-corrected chi connectivity index (χ3v) is 9.40. The summed E-state index contributed by atoms with van der Waals surface area (Å²) in [6.07, 6.45) is 33.9. The Hall–Kier alpha value is -2.04. The second kappa shape index (κ2) is 35.0. The maximum absolute atomic E-state index is 12.6. The molecule has 51 heavy (non-hydrogen) atoms. The molecule has 0 aromatic carbocycles. The van der Waals surface area contributed by atoms with Gasteiger partial charge in [0, 0.05) is 12.8 Å². The summed E-state index contributed by atoms with van der Waals surface area (Å²) in [5.41, 5.74) is 5.31. The molecular formula is C39H72NO10P. The van der Waals surface area contributed by atoms with Crippen LogP contribution in [-0.4, -0.2) is 59.9 Å². The number of phosphoric ester groups is 1. The molecule has 0 aromatic heterocycles. The molecule has 4 N–H and O–H groups in total. The summed E-state index contributed by atoms with van der Waals surface area (Å²) in [4.78, 5) is 45.7. The van der Waals surface area contributed by atoms with Gasteiger partial charge in [-0.1, -0.05) is 141 Å². The van der Waals surface area contributed by atoms with Crippen molar-refractivity contribution in [2.24, 2.45) is 5.73 Å². The van der Waals surface area contributed by atoms with Crippen molar-refractivity contribution in [3.8, 4) is 0 Å². The van der Waals surface area contributed by atoms with Crippen molar-refractivity contribution in [3.05, 3.63) is 24.3 Å². The van der Waals surface area contributed by atoms with Gasteiger partial charge in [-0.05, 0) is 44.9 Å². The van der Waals surface area contributed by atoms with E-state index in [0.29, 0.717) is 12.8 Å². The smallest absolute Gasteiger partial charge is 0.472 e. The zero-order valence-electron chi connectivity index (χ0n) is 31.9. The first-order chi connectivity index (χ1) is 24.6. The van der Waals surface area contributed by atoms with E-state index in [-0.39, 0.29) is 19.4 Å². The Labute approximate surface area is 309 Å². The molecule has 0 aliphatic rings. The number of phosphoric acid groups is 1. The van der Waals surface area contributed by atoms with Gasteiger partial charge in [0.15, 0.2) is 6.10 Å². The van der Waals surface area contributed by atoms with Crippen LogP contribution in [0, 0.1) is 0 Å². The lowest BCUT2D eigenvalue weighted by Gasteiger charge is -2.20. The number of hydrogen-bond acceptors (Lipinski definition) is 9. The van der Waals surface area contributed by atoms with Crippen molar-refractivity contribution < 1.29 is 47.5 Å². The summed E-state index contributed by atoms with van der Waals surface area (Å²) >= 11 is 0. The first kappa shape index (κ1) is 49.0. The third-order valence-electron chi connectivity index (χ3n) is 8.45. The zero-order chi connectivity index (χ0) is 37.8. The standard InChI is InChI=1S/C39H72NO10P/c1-3-5-7-9-11-13-14-15-16-17-18-19-20-21-23-25-27-29-31-38(42)50-35(33-48-51(45,46)49-34-36(40)39(43)44)32-47-37(41)30-28-26-24-22-12-10-8-6-4-2/h13-14,16-17,35-36H,3-12,15,18-34,40H2,1-2H3,(H,43,44)(H,45,46)/b14-13-,17-16-. The summed E-state index contributed by atoms with van der Waals surface area (Å²) in [5.74, 6) is -2.39. The van der Waals surface area contributed by atoms with E-state index in [1.54, 1.807) is 0 Å². The highest BCUT2D eigenvalue weighted by molar-refractivity contribution is 7.47. The molecule has 298 valence electrons. The Morgan fingerprint density at radius 3 is 1.55 bits per heavy atom. The molecule has 0 rings (SSSR count). The molecule has 0 spiro atoms. The average molecular weight is 746 g/mol. The van der Waals surface area contributed by atoms with E-state index in [4.69, 9.17) is 24.8 Å². The van der Waals surface area contributed by atoms with Gasteiger partial charge in [0.05, 0.1) is 13.2 Å². The number of nitrogens with two attached hydrogens (primary N) is 1. The van der Waals surface area contributed by atoms with Gasteiger partial charge in [-0.25, -0.2) is 4.57 Å². The molecule has 3 unspecified atom stereocenters. The van der Waals surface area contributed by atoms with E-state index in [1.807, 2.05) is 0 Å². The molecule has 12 heteroatoms. The van der Waals surface area contributed by atoms with Crippen LogP contribution in [0.3, 0.4) is 0 Å². The van der Waals surface area contributed by atoms with Gasteiger partial charge in [0.1, 0.15) is 12.6 Å². The number of allylic oxidation sites excluding steroid dienone is 4. The number of unbranched alkanes of at least 4 members (excludes halogenated alkanes) is 19. The molecule has 0 aliphatic carbocycles. The topological polar surface area (TPSA) is 172 Å². The largest absolute Gasteiger partial charge is 0.480 e. The van der Waals surface area contributed by atoms with Gasteiger partial charge in [0.2, 0.25) is 0 Å². The Bertz CT molecular complexity index is 974. The van der Waals surface area contributed by atoms with E-state index >= 15 is 0 Å². The predicted molar refractivity (Wildman–Crippen MR) is 203 cm³/mol. The van der Waals surface area contributed by atoms with Gasteiger partial charge in [-0.2, -0.15) is 0 Å². The first-order valence-electron chi connectivity index (χ1n) is 19.9. The van der Waals surface area contributed by atoms with Gasteiger partial charge in [-0.3, -0.25) is 23.4 Å². The van der Waals surface area contributed by atoms with Crippen LogP contribution in [0.1, 0.15) is 174 Å². The minimum atomic E-state index is -4.71. The molecule has 0 bridgehead atoms. The van der Waals surface area contributed by atoms with Gasteiger partial charge in [0.25, 0.3) is 0 Å². The third kappa shape index (κ3) is 34.8. The summed E-state index contributed by atoms with van der Waals surface area (Å²) in [7, 11) is -4.71. The van der Waals surface area contributed by atoms with Crippen LogP contribution in [0.2, 0.25) is 0 Å². The van der Waals surface area contributed by atoms with Crippen LogP contribution in [0.25, 0.3) is 0 Å². The fourth-order valence-electron chi connectivity index (χ4n) is 5.27. The SMILES string of the molecule is CCCCCC/C=C\C/C=C\CCCCCCCCCC(=O)OC(COC(=O)CCCCCCCCCCC)COP(=O)(O)OCC(N)C(=O)O. The highest BCUT2D eigenvalue weighted by Crippen LogP contribution is 2.43. The molecule has 0 fully saturated rings. The van der Waals surface area contributed by atoms with E-state index in [9.17, 15) is 23.8 Å². The van der Waals surface area contributed by atoms with Crippen molar-refractivity contribution in [3.63, 3.8) is 0 Å². The maximum Gasteiger partial charge on any atom is 0.472 e. The molecule has 11 nitrogen and oxygen atoms in total. The van der Waals surface area contributed by atoms with Gasteiger partial charge >= 0.3 is 25.7 Å². The Morgan fingerprint density at radius 2 is 1.04 bits per heavy atom. The van der Waals surface area contributed by atoms with E-state index < -0.39 is 51.1 Å². The number of rotatable bonds is 37. The number of carbonyl (C=O) groups excluding carboxylic acids is 2. The normalized spacial score (nSPS) is 14.1. The molecule has 0 saturated carbocycles. The lowest BCUT2D eigenvalue weighted by atomic mass is 10.1. The molecule has 0 radical (unpaired) electrons. The minimum Gasteiger partial charge on any atom is -0.480 e. The summed E-state index contributed by atoms with van der Waals surface area (Å²) in [6.45, 7) is 2.74. The Morgan fingerprint density at radius 1 is 0.608 bits per heavy atom. The molecule has 0 aromatic rings. The number of carboxylic acid groups (broad SMARTS) is 1. The summed E-state index contributed by atoms with van der Waals surface area (Å²) in [5, 5.41) is 8.85. The molecule has 3 atom stereocenters. The molecule has 0 aliphatic heterocycles. The van der Waals surface area contributed by atoms with Crippen LogP contribution in [0.15, 0.2) is 24.3 Å². The molecule has 0 amide bonds.